The van der Waals surface area contributed by atoms with Crippen molar-refractivity contribution in [2.24, 2.45) is 5.73 Å². The van der Waals surface area contributed by atoms with Gasteiger partial charge in [-0.2, -0.15) is 0 Å². The van der Waals surface area contributed by atoms with E-state index in [2.05, 4.69) is 0 Å². The second kappa shape index (κ2) is 9.64. The number of primary amides is 1. The summed E-state index contributed by atoms with van der Waals surface area (Å²) < 4.78 is 20.9. The highest BCUT2D eigenvalue weighted by Crippen LogP contribution is 2.32. The molecule has 2 N–H and O–H groups in total. The molecule has 1 heterocycles. The minimum Gasteiger partial charge on any atom is -0.484 e. The third-order valence-corrected chi connectivity index (χ3v) is 4.34. The Morgan fingerprint density at radius 3 is 2.47 bits per heavy atom. The van der Waals surface area contributed by atoms with Crippen LogP contribution in [0.3, 0.4) is 0 Å². The minimum absolute atomic E-state index is 0.184. The van der Waals surface area contributed by atoms with Crippen LogP contribution in [0.2, 0.25) is 0 Å². The number of ether oxygens (including phenoxy) is 4. The van der Waals surface area contributed by atoms with Crippen LogP contribution in [-0.2, 0) is 20.9 Å². The molecule has 0 aliphatic carbocycles. The molecule has 9 nitrogen and oxygen atoms in total. The highest BCUT2D eigenvalue weighted by Gasteiger charge is 2.18. The summed E-state index contributed by atoms with van der Waals surface area (Å²) in [6, 6.07) is 11.5. The van der Waals surface area contributed by atoms with Gasteiger partial charge in [0.25, 0.3) is 11.8 Å². The Morgan fingerprint density at radius 2 is 1.77 bits per heavy atom. The average Bonchev–Trinajstić information content (AvgIpc) is 3.22. The lowest BCUT2D eigenvalue weighted by molar-refractivity contribution is -0.135. The van der Waals surface area contributed by atoms with Gasteiger partial charge in [0.1, 0.15) is 5.75 Å². The molecule has 158 valence electrons. The number of carbonyl (C=O) groups excluding carboxylic acids is 3. The molecule has 0 saturated heterocycles. The first kappa shape index (κ1) is 21.0. The monoisotopic (exact) mass is 414 g/mol. The molecule has 0 bridgehead atoms. The van der Waals surface area contributed by atoms with Crippen molar-refractivity contribution in [3.63, 3.8) is 0 Å². The summed E-state index contributed by atoms with van der Waals surface area (Å²) in [4.78, 5) is 37.0. The van der Waals surface area contributed by atoms with Gasteiger partial charge in [-0.05, 0) is 48.9 Å². The number of carbonyl (C=O) groups is 3. The molecule has 0 radical (unpaired) electrons. The van der Waals surface area contributed by atoms with Gasteiger partial charge in [0.05, 0.1) is 5.56 Å². The van der Waals surface area contributed by atoms with Crippen molar-refractivity contribution in [2.45, 2.75) is 13.5 Å². The quantitative estimate of drug-likeness (QED) is 0.618. The Balaban J connectivity index is 1.51. The van der Waals surface area contributed by atoms with E-state index in [1.54, 1.807) is 11.0 Å². The van der Waals surface area contributed by atoms with E-state index < -0.39 is 11.9 Å². The number of benzene rings is 2. The first-order valence-electron chi connectivity index (χ1n) is 9.31. The first-order valence-corrected chi connectivity index (χ1v) is 9.31. The van der Waals surface area contributed by atoms with Gasteiger partial charge in [0, 0.05) is 13.1 Å². The molecule has 30 heavy (non-hydrogen) atoms. The van der Waals surface area contributed by atoms with E-state index in [4.69, 9.17) is 24.7 Å². The fourth-order valence-electron chi connectivity index (χ4n) is 2.78. The topological polar surface area (TPSA) is 117 Å². The molecule has 0 spiro atoms. The number of rotatable bonds is 9. The Labute approximate surface area is 173 Å². The number of hydrogen-bond acceptors (Lipinski definition) is 7. The van der Waals surface area contributed by atoms with Crippen molar-refractivity contribution >= 4 is 17.8 Å². The Morgan fingerprint density at radius 1 is 1.03 bits per heavy atom. The highest BCUT2D eigenvalue weighted by atomic mass is 16.7. The molecule has 0 atom stereocenters. The van der Waals surface area contributed by atoms with Gasteiger partial charge in [-0.15, -0.1) is 0 Å². The van der Waals surface area contributed by atoms with Crippen molar-refractivity contribution in [3.05, 3.63) is 53.6 Å². The van der Waals surface area contributed by atoms with E-state index >= 15 is 0 Å². The van der Waals surface area contributed by atoms with Gasteiger partial charge in [0.2, 0.25) is 6.79 Å². The second-order valence-corrected chi connectivity index (χ2v) is 6.45. The lowest BCUT2D eigenvalue weighted by atomic mass is 10.2. The molecule has 2 aromatic carbocycles. The van der Waals surface area contributed by atoms with Crippen LogP contribution in [0.25, 0.3) is 0 Å². The molecule has 2 amide bonds. The van der Waals surface area contributed by atoms with E-state index in [0.29, 0.717) is 30.3 Å². The van der Waals surface area contributed by atoms with Crippen molar-refractivity contribution < 1.29 is 33.3 Å². The van der Waals surface area contributed by atoms with Crippen molar-refractivity contribution in [2.75, 3.05) is 26.6 Å². The normalized spacial score (nSPS) is 11.6. The fraction of sp³-hybridized carbons (Fsp3) is 0.286. The van der Waals surface area contributed by atoms with E-state index in [1.165, 1.54) is 24.3 Å². The van der Waals surface area contributed by atoms with E-state index in [9.17, 15) is 14.4 Å². The molecule has 0 aromatic heterocycles. The maximum absolute atomic E-state index is 12.5. The molecule has 0 fully saturated rings. The second-order valence-electron chi connectivity index (χ2n) is 6.45. The van der Waals surface area contributed by atoms with Gasteiger partial charge in [-0.3, -0.25) is 9.59 Å². The number of amides is 2. The van der Waals surface area contributed by atoms with Crippen molar-refractivity contribution in [3.8, 4) is 17.2 Å². The summed E-state index contributed by atoms with van der Waals surface area (Å²) in [6.07, 6.45) is 0. The lowest BCUT2D eigenvalue weighted by Crippen LogP contribution is -2.34. The van der Waals surface area contributed by atoms with Gasteiger partial charge < -0.3 is 29.6 Å². The number of nitrogens with two attached hydrogens (primary N) is 1. The average molecular weight is 414 g/mol. The highest BCUT2D eigenvalue weighted by molar-refractivity contribution is 5.91. The molecule has 1 aliphatic heterocycles. The Kier molecular flexibility index (Phi) is 6.74. The van der Waals surface area contributed by atoms with Crippen molar-refractivity contribution in [1.82, 2.24) is 4.90 Å². The van der Waals surface area contributed by atoms with E-state index in [1.807, 2.05) is 19.1 Å². The van der Waals surface area contributed by atoms with Crippen LogP contribution in [0.15, 0.2) is 42.5 Å². The van der Waals surface area contributed by atoms with E-state index in [-0.39, 0.29) is 31.5 Å². The summed E-state index contributed by atoms with van der Waals surface area (Å²) in [7, 11) is 0. The summed E-state index contributed by atoms with van der Waals surface area (Å²) in [5.74, 6) is 0.160. The number of esters is 1. The SMILES string of the molecule is CCN(Cc1ccc2c(c1)OCO2)C(=O)COC(=O)c1ccc(OCC(N)=O)cc1. The molecule has 0 unspecified atom stereocenters. The Bertz CT molecular complexity index is 927. The molecular formula is C21H22N2O7. The smallest absolute Gasteiger partial charge is 0.338 e. The van der Waals surface area contributed by atoms with Crippen LogP contribution >= 0.6 is 0 Å². The fourth-order valence-corrected chi connectivity index (χ4v) is 2.78. The maximum Gasteiger partial charge on any atom is 0.338 e. The van der Waals surface area contributed by atoms with Crippen LogP contribution in [0.5, 0.6) is 17.2 Å². The standard InChI is InChI=1S/C21H22N2O7/c1-2-23(10-14-3-8-17-18(9-14)30-13-29-17)20(25)12-28-21(26)15-4-6-16(7-5-15)27-11-19(22)24/h3-9H,2,10-13H2,1H3,(H2,22,24). The van der Waals surface area contributed by atoms with Crippen LogP contribution in [-0.4, -0.2) is 49.2 Å². The third-order valence-electron chi connectivity index (χ3n) is 4.34. The van der Waals surface area contributed by atoms with Crippen LogP contribution in [0.1, 0.15) is 22.8 Å². The summed E-state index contributed by atoms with van der Waals surface area (Å²) >= 11 is 0. The van der Waals surface area contributed by atoms with Gasteiger partial charge >= 0.3 is 5.97 Å². The van der Waals surface area contributed by atoms with Crippen LogP contribution < -0.4 is 19.9 Å². The largest absolute Gasteiger partial charge is 0.484 e. The number of hydrogen-bond donors (Lipinski definition) is 1. The van der Waals surface area contributed by atoms with Gasteiger partial charge in [-0.25, -0.2) is 4.79 Å². The zero-order chi connectivity index (χ0) is 21.5. The summed E-state index contributed by atoms with van der Waals surface area (Å²) in [5, 5.41) is 0. The number of nitrogens with zero attached hydrogens (tertiary/aromatic N) is 1. The predicted octanol–water partition coefficient (Wildman–Crippen LogP) is 1.48. The molecule has 1 aliphatic rings. The predicted molar refractivity (Wildman–Crippen MR) is 105 cm³/mol. The Hall–Kier alpha value is -3.75. The third kappa shape index (κ3) is 5.40. The van der Waals surface area contributed by atoms with Gasteiger partial charge in [0.15, 0.2) is 24.7 Å². The zero-order valence-electron chi connectivity index (χ0n) is 16.5. The molecular weight excluding hydrogens is 392 g/mol. The van der Waals surface area contributed by atoms with Crippen molar-refractivity contribution in [1.29, 1.82) is 0 Å². The molecule has 0 saturated carbocycles. The zero-order valence-corrected chi connectivity index (χ0v) is 16.5. The van der Waals surface area contributed by atoms with Gasteiger partial charge in [-0.1, -0.05) is 6.07 Å². The molecule has 2 aromatic rings. The minimum atomic E-state index is -0.635. The molecule has 3 rings (SSSR count). The van der Waals surface area contributed by atoms with Crippen LogP contribution in [0.4, 0.5) is 0 Å². The van der Waals surface area contributed by atoms with Crippen LogP contribution in [0, 0.1) is 0 Å². The van der Waals surface area contributed by atoms with E-state index in [0.717, 1.165) is 5.56 Å². The number of fused-ring (bicyclic) bond motifs is 1. The summed E-state index contributed by atoms with van der Waals surface area (Å²) in [5.41, 5.74) is 6.15. The summed E-state index contributed by atoms with van der Waals surface area (Å²) in [6.45, 7) is 2.21. The molecule has 9 heteroatoms. The maximum atomic E-state index is 12.5. The lowest BCUT2D eigenvalue weighted by Gasteiger charge is -2.21. The first-order chi connectivity index (χ1) is 14.5. The number of likely N-dealkylation sites (N-methyl/N-ethyl adjacent to an activating group) is 1.